The minimum atomic E-state index is -2.73. The summed E-state index contributed by atoms with van der Waals surface area (Å²) in [5.41, 5.74) is 12.6. The first-order chi connectivity index (χ1) is 31.9. The van der Waals surface area contributed by atoms with Crippen LogP contribution >= 0.6 is 11.3 Å². The van der Waals surface area contributed by atoms with Crippen molar-refractivity contribution >= 4 is 63.2 Å². The van der Waals surface area contributed by atoms with E-state index in [-0.39, 0.29) is 35.9 Å². The number of aryl methyl sites for hydroxylation is 3. The number of ether oxygens (including phenoxy) is 2. The maximum absolute atomic E-state index is 14.6. The first kappa shape index (κ1) is 48.2. The quantitative estimate of drug-likeness (QED) is 0.0636. The van der Waals surface area contributed by atoms with E-state index in [1.165, 1.54) is 23.8 Å². The molecule has 0 spiro atoms. The zero-order valence-electron chi connectivity index (χ0n) is 38.2. The van der Waals surface area contributed by atoms with Gasteiger partial charge in [0.2, 0.25) is 11.8 Å². The number of aliphatic imine (C=N–C) groups is 1. The van der Waals surface area contributed by atoms with Crippen LogP contribution in [0.3, 0.4) is 0 Å². The van der Waals surface area contributed by atoms with Gasteiger partial charge in [0.1, 0.15) is 0 Å². The molecule has 0 saturated carbocycles. The third-order valence-corrected chi connectivity index (χ3v) is 13.1. The van der Waals surface area contributed by atoms with Gasteiger partial charge in [-0.2, -0.15) is 5.10 Å². The van der Waals surface area contributed by atoms with E-state index in [2.05, 4.69) is 40.4 Å². The number of piperidine rings is 1. The fourth-order valence-electron chi connectivity index (χ4n) is 8.90. The number of nitrogens with one attached hydrogen (secondary N) is 3. The summed E-state index contributed by atoms with van der Waals surface area (Å²) in [6, 6.07) is 9.07. The van der Waals surface area contributed by atoms with Gasteiger partial charge in [0.15, 0.2) is 10.9 Å². The number of nitrogens with two attached hydrogens (primary N) is 1. The van der Waals surface area contributed by atoms with Crippen LogP contribution in [0.4, 0.5) is 31.1 Å². The Hall–Kier alpha value is -5.76. The number of likely N-dealkylation sites (tertiary alicyclic amines) is 1. The molecule has 0 atom stereocenters. The summed E-state index contributed by atoms with van der Waals surface area (Å²) in [5, 5.41) is 14.9. The van der Waals surface area contributed by atoms with Crippen molar-refractivity contribution in [2.75, 3.05) is 94.8 Å². The number of halogens is 2. The molecule has 5 N–H and O–H groups in total. The maximum Gasteiger partial charge on any atom is 0.264 e. The lowest BCUT2D eigenvalue weighted by Crippen LogP contribution is -2.43. The number of rotatable bonds is 19. The number of carbonyl (C=O) groups is 3. The molecule has 1 saturated heterocycles. The normalized spacial score (nSPS) is 15.9. The van der Waals surface area contributed by atoms with Gasteiger partial charge in [0, 0.05) is 122 Å². The van der Waals surface area contributed by atoms with Gasteiger partial charge in [0.25, 0.3) is 12.3 Å². The number of hydrogen-bond acceptors (Lipinski definition) is 13. The van der Waals surface area contributed by atoms with Gasteiger partial charge < -0.3 is 35.6 Å². The fourth-order valence-corrected chi connectivity index (χ4v) is 9.55. The summed E-state index contributed by atoms with van der Waals surface area (Å²) in [6.07, 6.45) is 5.56. The van der Waals surface area contributed by atoms with Crippen LogP contribution in [0.15, 0.2) is 47.7 Å². The third-order valence-electron chi connectivity index (χ3n) is 12.2. The fraction of sp³-hybridized carbons (Fsp3) is 0.489. The molecule has 3 amide bonds. The molecule has 4 aromatic rings. The van der Waals surface area contributed by atoms with E-state index < -0.39 is 6.43 Å². The van der Waals surface area contributed by atoms with Gasteiger partial charge in [-0.3, -0.25) is 34.3 Å². The molecule has 5 heterocycles. The monoisotopic (exact) mass is 929 g/mol. The first-order valence-corrected chi connectivity index (χ1v) is 23.4. The molecule has 2 aromatic carbocycles. The van der Waals surface area contributed by atoms with Crippen LogP contribution in [0.25, 0.3) is 5.57 Å². The summed E-state index contributed by atoms with van der Waals surface area (Å²) < 4.78 is 42.8. The van der Waals surface area contributed by atoms with Crippen molar-refractivity contribution in [2.45, 2.75) is 71.9 Å². The number of hydrogen-bond donors (Lipinski definition) is 4. The van der Waals surface area contributed by atoms with Crippen LogP contribution in [-0.4, -0.2) is 128 Å². The number of amides is 3. The standard InChI is InChI=1S/C47H61F2N11O5S/c1-30-22-35(7-8-37(30)46(63)55-47-54-26-31(2)66-47)52-12-18-64-20-21-65-19-13-53-43(62)29-57-15-9-36(10-16-57)60-41-11-17-58(32(3)61)28-40(41)45(56-60)59-14-5-6-33-23-38(34(25-50)27-51-4)39(44(48)49)24-42(33)59/h7-8,22-27,36,44,52H,5-6,9-21,28-29,50H2,1-4H3,(H,53,62)(H,54,55,63). The molecule has 0 bridgehead atoms. The lowest BCUT2D eigenvalue weighted by atomic mass is 9.92. The molecule has 0 radical (unpaired) electrons. The summed E-state index contributed by atoms with van der Waals surface area (Å²) in [4.78, 5) is 53.4. The molecule has 354 valence electrons. The van der Waals surface area contributed by atoms with E-state index in [4.69, 9.17) is 20.3 Å². The minimum Gasteiger partial charge on any atom is -0.404 e. The average Bonchev–Trinajstić information content (AvgIpc) is 3.90. The van der Waals surface area contributed by atoms with Gasteiger partial charge in [-0.1, -0.05) is 0 Å². The Bertz CT molecular complexity index is 2410. The summed E-state index contributed by atoms with van der Waals surface area (Å²) >= 11 is 1.44. The zero-order valence-corrected chi connectivity index (χ0v) is 39.0. The van der Waals surface area contributed by atoms with Gasteiger partial charge in [0.05, 0.1) is 45.6 Å². The number of nitrogens with zero attached hydrogens (tertiary/aromatic N) is 7. The molecule has 1 fully saturated rings. The van der Waals surface area contributed by atoms with Crippen LogP contribution in [0.1, 0.15) is 87.4 Å². The van der Waals surface area contributed by atoms with Crippen LogP contribution in [0.2, 0.25) is 0 Å². The van der Waals surface area contributed by atoms with Gasteiger partial charge in [-0.15, -0.1) is 11.3 Å². The Morgan fingerprint density at radius 2 is 1.77 bits per heavy atom. The number of aromatic nitrogens is 3. The molecule has 0 unspecified atom stereocenters. The third kappa shape index (κ3) is 11.8. The second-order valence-corrected chi connectivity index (χ2v) is 18.0. The SMILES string of the molecule is CN=CC(=CN)c1cc2c(cc1C(F)F)N(c1nn(C3CCN(CC(=O)NCCOCCOCCNc4ccc(C(=O)Nc5ncc(C)s5)c(C)c4)CC3)c3c1CN(C(C)=O)CC3)CCC2. The molecule has 66 heavy (non-hydrogen) atoms. The number of carbonyl (C=O) groups excluding carboxylic acids is 3. The lowest BCUT2D eigenvalue weighted by molar-refractivity contribution is -0.129. The van der Waals surface area contributed by atoms with E-state index >= 15 is 0 Å². The van der Waals surface area contributed by atoms with E-state index in [1.807, 2.05) is 36.9 Å². The number of anilines is 4. The summed E-state index contributed by atoms with van der Waals surface area (Å²) in [5.74, 6) is 0.443. The van der Waals surface area contributed by atoms with E-state index in [0.717, 1.165) is 58.6 Å². The van der Waals surface area contributed by atoms with Crippen molar-refractivity contribution in [2.24, 2.45) is 10.7 Å². The number of benzene rings is 2. The highest BCUT2D eigenvalue weighted by Gasteiger charge is 2.35. The Balaban J connectivity index is 0.845. The Morgan fingerprint density at radius 1 is 1.00 bits per heavy atom. The van der Waals surface area contributed by atoms with Crippen molar-refractivity contribution < 1.29 is 32.6 Å². The molecule has 2 aromatic heterocycles. The number of alkyl halides is 2. The van der Waals surface area contributed by atoms with E-state index in [9.17, 15) is 23.2 Å². The molecule has 16 nitrogen and oxygen atoms in total. The molecule has 0 aliphatic carbocycles. The maximum atomic E-state index is 14.6. The predicted molar refractivity (Wildman–Crippen MR) is 254 cm³/mol. The zero-order chi connectivity index (χ0) is 46.7. The molecule has 3 aliphatic rings. The van der Waals surface area contributed by atoms with Crippen molar-refractivity contribution in [3.05, 3.63) is 86.7 Å². The lowest BCUT2D eigenvalue weighted by Gasteiger charge is -2.33. The number of allylic oxidation sites excluding steroid dienone is 1. The minimum absolute atomic E-state index is 0.0173. The van der Waals surface area contributed by atoms with Crippen LogP contribution in [0.5, 0.6) is 0 Å². The highest BCUT2D eigenvalue weighted by atomic mass is 32.1. The van der Waals surface area contributed by atoms with Crippen molar-refractivity contribution in [3.8, 4) is 0 Å². The molecule has 7 rings (SSSR count). The van der Waals surface area contributed by atoms with Gasteiger partial charge in [-0.25, -0.2) is 13.8 Å². The van der Waals surface area contributed by atoms with E-state index in [0.29, 0.717) is 112 Å². The van der Waals surface area contributed by atoms with Gasteiger partial charge >= 0.3 is 0 Å². The van der Waals surface area contributed by atoms with Crippen LogP contribution < -0.4 is 26.6 Å². The van der Waals surface area contributed by atoms with Crippen molar-refractivity contribution in [1.82, 2.24) is 29.9 Å². The van der Waals surface area contributed by atoms with E-state index in [1.54, 1.807) is 32.3 Å². The molecular weight excluding hydrogens is 869 g/mol. The second-order valence-electron chi connectivity index (χ2n) is 16.8. The van der Waals surface area contributed by atoms with Crippen molar-refractivity contribution in [1.29, 1.82) is 0 Å². The Morgan fingerprint density at radius 3 is 2.45 bits per heavy atom. The van der Waals surface area contributed by atoms with Crippen molar-refractivity contribution in [3.63, 3.8) is 0 Å². The molecular formula is C47H61F2N11O5S. The molecule has 19 heteroatoms. The number of fused-ring (bicyclic) bond motifs is 2. The summed E-state index contributed by atoms with van der Waals surface area (Å²) in [6.45, 7) is 11.4. The topological polar surface area (TPSA) is 185 Å². The number of thiazole rings is 1. The second kappa shape index (κ2) is 22.6. The van der Waals surface area contributed by atoms with Gasteiger partial charge in [-0.05, 0) is 86.6 Å². The van der Waals surface area contributed by atoms with Crippen LogP contribution in [0, 0.1) is 13.8 Å². The Kier molecular flexibility index (Phi) is 16.5. The largest absolute Gasteiger partial charge is 0.404 e. The van der Waals surface area contributed by atoms with Crippen LogP contribution in [-0.2, 0) is 38.4 Å². The highest BCUT2D eigenvalue weighted by Crippen LogP contribution is 2.43. The summed E-state index contributed by atoms with van der Waals surface area (Å²) in [7, 11) is 1.58. The highest BCUT2D eigenvalue weighted by molar-refractivity contribution is 7.15. The smallest absolute Gasteiger partial charge is 0.264 e. The average molecular weight is 930 g/mol. The molecule has 3 aliphatic heterocycles. The Labute approximate surface area is 388 Å². The first-order valence-electron chi connectivity index (χ1n) is 22.6. The predicted octanol–water partition coefficient (Wildman–Crippen LogP) is 6.03.